The van der Waals surface area contributed by atoms with Gasteiger partial charge in [-0.3, -0.25) is 4.79 Å². The molecular formula is C14H17NO3. The fraction of sp³-hybridized carbons (Fsp3) is 0.357. The smallest absolute Gasteiger partial charge is 0.311 e. The highest BCUT2D eigenvalue weighted by molar-refractivity contribution is 5.72. The zero-order valence-electron chi connectivity index (χ0n) is 10.2. The molecule has 0 bridgehead atoms. The van der Waals surface area contributed by atoms with Crippen LogP contribution >= 0.6 is 0 Å². The maximum absolute atomic E-state index is 11.6. The average Bonchev–Trinajstić information content (AvgIpc) is 2.38. The molecule has 4 heteroatoms. The maximum Gasteiger partial charge on any atom is 0.311 e. The summed E-state index contributed by atoms with van der Waals surface area (Å²) in [6.07, 6.45) is 4.26. The molecule has 0 spiro atoms. The first-order valence-corrected chi connectivity index (χ1v) is 6.12. The van der Waals surface area contributed by atoms with Gasteiger partial charge in [-0.2, -0.15) is 0 Å². The van der Waals surface area contributed by atoms with E-state index in [0.29, 0.717) is 12.2 Å². The minimum Gasteiger partial charge on any atom is -0.508 e. The minimum atomic E-state index is -0.264. The zero-order chi connectivity index (χ0) is 12.8. The minimum absolute atomic E-state index is 0.0985. The van der Waals surface area contributed by atoms with Gasteiger partial charge >= 0.3 is 5.97 Å². The highest BCUT2D eigenvalue weighted by Gasteiger charge is 2.09. The Balaban J connectivity index is 1.80. The lowest BCUT2D eigenvalue weighted by molar-refractivity contribution is -0.134. The lowest BCUT2D eigenvalue weighted by Crippen LogP contribution is -2.21. The number of benzene rings is 1. The van der Waals surface area contributed by atoms with Crippen LogP contribution in [0.15, 0.2) is 35.9 Å². The molecule has 4 nitrogen and oxygen atoms in total. The van der Waals surface area contributed by atoms with Crippen LogP contribution in [0.2, 0.25) is 0 Å². The van der Waals surface area contributed by atoms with E-state index < -0.39 is 0 Å². The van der Waals surface area contributed by atoms with Gasteiger partial charge in [0.05, 0.1) is 0 Å². The van der Waals surface area contributed by atoms with Gasteiger partial charge in [-0.15, -0.1) is 0 Å². The largest absolute Gasteiger partial charge is 0.508 e. The molecule has 18 heavy (non-hydrogen) atoms. The first-order valence-electron chi connectivity index (χ1n) is 6.12. The monoisotopic (exact) mass is 247 g/mol. The second-order valence-corrected chi connectivity index (χ2v) is 4.29. The fourth-order valence-electron chi connectivity index (χ4n) is 1.89. The van der Waals surface area contributed by atoms with Gasteiger partial charge in [0.25, 0.3) is 0 Å². The first-order chi connectivity index (χ1) is 8.74. The normalized spacial score (nSPS) is 15.0. The standard InChI is InChI=1S/C14H17NO3/c16-12-2-1-3-13(10-12)18-14(17)5-4-11-6-8-15-9-7-11/h1-3,6,10,15-16H,4-5,7-9H2. The molecule has 0 atom stereocenters. The molecule has 0 saturated heterocycles. The summed E-state index contributed by atoms with van der Waals surface area (Å²) in [7, 11) is 0. The summed E-state index contributed by atoms with van der Waals surface area (Å²) in [4.78, 5) is 11.6. The summed E-state index contributed by atoms with van der Waals surface area (Å²) in [5.74, 6) is 0.223. The summed E-state index contributed by atoms with van der Waals surface area (Å²) < 4.78 is 5.14. The Labute approximate surface area is 106 Å². The van der Waals surface area contributed by atoms with Crippen LogP contribution in [0.1, 0.15) is 19.3 Å². The van der Waals surface area contributed by atoms with Gasteiger partial charge in [0.15, 0.2) is 0 Å². The van der Waals surface area contributed by atoms with Crippen LogP contribution in [0.3, 0.4) is 0 Å². The van der Waals surface area contributed by atoms with Crippen LogP contribution in [-0.2, 0) is 4.79 Å². The quantitative estimate of drug-likeness (QED) is 0.485. The molecule has 0 aromatic heterocycles. The Bertz CT molecular complexity index is 454. The molecule has 96 valence electrons. The Morgan fingerprint density at radius 2 is 2.33 bits per heavy atom. The van der Waals surface area contributed by atoms with Gasteiger partial charge in [0, 0.05) is 19.0 Å². The Kier molecular flexibility index (Phi) is 4.36. The predicted molar refractivity (Wildman–Crippen MR) is 68.5 cm³/mol. The second kappa shape index (κ2) is 6.21. The van der Waals surface area contributed by atoms with Crippen molar-refractivity contribution >= 4 is 5.97 Å². The van der Waals surface area contributed by atoms with Gasteiger partial charge in [-0.25, -0.2) is 0 Å². The van der Waals surface area contributed by atoms with Crippen molar-refractivity contribution in [1.29, 1.82) is 0 Å². The molecule has 0 amide bonds. The van der Waals surface area contributed by atoms with E-state index in [0.717, 1.165) is 25.9 Å². The molecule has 2 rings (SSSR count). The summed E-state index contributed by atoms with van der Waals surface area (Å²) in [6, 6.07) is 6.27. The number of ether oxygens (including phenoxy) is 1. The van der Waals surface area contributed by atoms with Crippen molar-refractivity contribution in [2.75, 3.05) is 13.1 Å². The van der Waals surface area contributed by atoms with Crippen LogP contribution in [0.5, 0.6) is 11.5 Å². The number of hydrogen-bond acceptors (Lipinski definition) is 4. The van der Waals surface area contributed by atoms with Crippen molar-refractivity contribution in [3.63, 3.8) is 0 Å². The van der Waals surface area contributed by atoms with E-state index in [1.165, 1.54) is 17.7 Å². The number of nitrogens with one attached hydrogen (secondary N) is 1. The van der Waals surface area contributed by atoms with E-state index in [9.17, 15) is 9.90 Å². The van der Waals surface area contributed by atoms with E-state index in [-0.39, 0.29) is 11.7 Å². The topological polar surface area (TPSA) is 58.6 Å². The van der Waals surface area contributed by atoms with E-state index in [4.69, 9.17) is 4.74 Å². The van der Waals surface area contributed by atoms with Gasteiger partial charge in [-0.1, -0.05) is 17.7 Å². The number of carbonyl (C=O) groups excluding carboxylic acids is 1. The molecule has 1 aromatic rings. The van der Waals surface area contributed by atoms with Crippen molar-refractivity contribution in [1.82, 2.24) is 5.32 Å². The fourth-order valence-corrected chi connectivity index (χ4v) is 1.89. The van der Waals surface area contributed by atoms with Crippen LogP contribution in [0.25, 0.3) is 0 Å². The van der Waals surface area contributed by atoms with E-state index in [1.807, 2.05) is 0 Å². The molecule has 0 aliphatic carbocycles. The summed E-state index contributed by atoms with van der Waals surface area (Å²) in [6.45, 7) is 1.87. The second-order valence-electron chi connectivity index (χ2n) is 4.29. The van der Waals surface area contributed by atoms with Crippen LogP contribution in [0.4, 0.5) is 0 Å². The zero-order valence-corrected chi connectivity index (χ0v) is 10.2. The van der Waals surface area contributed by atoms with Crippen molar-refractivity contribution in [2.24, 2.45) is 0 Å². The molecule has 0 saturated carbocycles. The number of carbonyl (C=O) groups is 1. The SMILES string of the molecule is O=C(CCC1=CCNCC1)Oc1cccc(O)c1. The summed E-state index contributed by atoms with van der Waals surface area (Å²) in [5.41, 5.74) is 1.31. The molecule has 1 aliphatic heterocycles. The van der Waals surface area contributed by atoms with Crippen molar-refractivity contribution in [3.05, 3.63) is 35.9 Å². The molecule has 0 unspecified atom stereocenters. The molecule has 1 aromatic carbocycles. The molecule has 0 radical (unpaired) electrons. The van der Waals surface area contributed by atoms with E-state index in [2.05, 4.69) is 11.4 Å². The number of phenolic OH excluding ortho intramolecular Hbond substituents is 1. The third-order valence-electron chi connectivity index (χ3n) is 2.86. The Morgan fingerprint density at radius 3 is 3.06 bits per heavy atom. The average molecular weight is 247 g/mol. The van der Waals surface area contributed by atoms with E-state index in [1.54, 1.807) is 12.1 Å². The summed E-state index contributed by atoms with van der Waals surface area (Å²) in [5, 5.41) is 12.5. The number of aromatic hydroxyl groups is 1. The third-order valence-corrected chi connectivity index (χ3v) is 2.86. The van der Waals surface area contributed by atoms with Gasteiger partial charge in [0.1, 0.15) is 11.5 Å². The highest BCUT2D eigenvalue weighted by atomic mass is 16.5. The molecule has 1 aliphatic rings. The van der Waals surface area contributed by atoms with Crippen molar-refractivity contribution < 1.29 is 14.6 Å². The number of esters is 1. The number of hydrogen-bond donors (Lipinski definition) is 2. The van der Waals surface area contributed by atoms with Gasteiger partial charge in [-0.05, 0) is 31.5 Å². The Hall–Kier alpha value is -1.81. The van der Waals surface area contributed by atoms with Crippen LogP contribution < -0.4 is 10.1 Å². The van der Waals surface area contributed by atoms with Crippen molar-refractivity contribution in [2.45, 2.75) is 19.3 Å². The van der Waals surface area contributed by atoms with Crippen LogP contribution in [0, 0.1) is 0 Å². The highest BCUT2D eigenvalue weighted by Crippen LogP contribution is 2.19. The van der Waals surface area contributed by atoms with Gasteiger partial charge in [0.2, 0.25) is 0 Å². The third kappa shape index (κ3) is 3.89. The molecule has 1 heterocycles. The Morgan fingerprint density at radius 1 is 1.44 bits per heavy atom. The first kappa shape index (κ1) is 12.6. The maximum atomic E-state index is 11.6. The molecule has 2 N–H and O–H groups in total. The number of rotatable bonds is 4. The molecular weight excluding hydrogens is 230 g/mol. The van der Waals surface area contributed by atoms with Crippen LogP contribution in [-0.4, -0.2) is 24.2 Å². The van der Waals surface area contributed by atoms with Crippen molar-refractivity contribution in [3.8, 4) is 11.5 Å². The molecule has 0 fully saturated rings. The summed E-state index contributed by atoms with van der Waals surface area (Å²) >= 11 is 0. The predicted octanol–water partition coefficient (Wildman–Crippen LogP) is 2.00. The van der Waals surface area contributed by atoms with Gasteiger partial charge < -0.3 is 15.2 Å². The van der Waals surface area contributed by atoms with E-state index >= 15 is 0 Å². The lowest BCUT2D eigenvalue weighted by Gasteiger charge is -2.13. The lowest BCUT2D eigenvalue weighted by atomic mass is 10.0. The number of phenols is 1.